The molecule has 23 heavy (non-hydrogen) atoms. The van der Waals surface area contributed by atoms with E-state index in [-0.39, 0.29) is 23.2 Å². The Labute approximate surface area is 140 Å². The van der Waals surface area contributed by atoms with E-state index in [1.807, 2.05) is 58.9 Å². The van der Waals surface area contributed by atoms with E-state index in [1.54, 1.807) is 7.11 Å². The standard InChI is InChI=1S/C19H31NO3/c1-13(2)18(22)19(4,5)12-20-17(21)11-14(3)15-9-7-8-10-16(15)23-6/h7-10,13-14,18,22H,11-12H2,1-6H3,(H,20,21). The first-order valence-corrected chi connectivity index (χ1v) is 8.26. The summed E-state index contributed by atoms with van der Waals surface area (Å²) in [7, 11) is 1.64. The van der Waals surface area contributed by atoms with Crippen molar-refractivity contribution >= 4 is 5.91 Å². The number of methoxy groups -OCH3 is 1. The molecule has 1 amide bonds. The summed E-state index contributed by atoms with van der Waals surface area (Å²) in [5.41, 5.74) is 0.684. The van der Waals surface area contributed by atoms with Crippen LogP contribution in [0.2, 0.25) is 0 Å². The van der Waals surface area contributed by atoms with Gasteiger partial charge in [0.25, 0.3) is 0 Å². The van der Waals surface area contributed by atoms with Crippen LogP contribution in [0.5, 0.6) is 5.75 Å². The number of hydrogen-bond acceptors (Lipinski definition) is 3. The molecule has 0 fully saturated rings. The number of amides is 1. The Hall–Kier alpha value is -1.55. The van der Waals surface area contributed by atoms with Crippen molar-refractivity contribution in [3.05, 3.63) is 29.8 Å². The third-order valence-corrected chi connectivity index (χ3v) is 4.33. The third kappa shape index (κ3) is 5.54. The van der Waals surface area contributed by atoms with Gasteiger partial charge in [0.2, 0.25) is 5.91 Å². The summed E-state index contributed by atoms with van der Waals surface area (Å²) in [5.74, 6) is 1.04. The first-order chi connectivity index (χ1) is 10.7. The Morgan fingerprint density at radius 1 is 1.26 bits per heavy atom. The number of nitrogens with one attached hydrogen (secondary N) is 1. The van der Waals surface area contributed by atoms with Crippen molar-refractivity contribution < 1.29 is 14.6 Å². The number of aliphatic hydroxyl groups excluding tert-OH is 1. The van der Waals surface area contributed by atoms with Crippen LogP contribution >= 0.6 is 0 Å². The number of carbonyl (C=O) groups is 1. The van der Waals surface area contributed by atoms with Crippen LogP contribution in [0.25, 0.3) is 0 Å². The molecule has 0 radical (unpaired) electrons. The van der Waals surface area contributed by atoms with Crippen molar-refractivity contribution in [1.82, 2.24) is 5.32 Å². The smallest absolute Gasteiger partial charge is 0.220 e. The molecule has 1 aromatic rings. The van der Waals surface area contributed by atoms with E-state index >= 15 is 0 Å². The zero-order valence-electron chi connectivity index (χ0n) is 15.2. The predicted octanol–water partition coefficient (Wildman–Crippen LogP) is 3.35. The van der Waals surface area contributed by atoms with Gasteiger partial charge in [0.05, 0.1) is 13.2 Å². The summed E-state index contributed by atoms with van der Waals surface area (Å²) < 4.78 is 5.36. The zero-order chi connectivity index (χ0) is 17.6. The van der Waals surface area contributed by atoms with Crippen molar-refractivity contribution in [3.8, 4) is 5.75 Å². The van der Waals surface area contributed by atoms with Crippen LogP contribution in [0, 0.1) is 11.3 Å². The number of benzene rings is 1. The van der Waals surface area contributed by atoms with E-state index in [9.17, 15) is 9.90 Å². The fourth-order valence-corrected chi connectivity index (χ4v) is 2.87. The Balaban J connectivity index is 2.60. The number of hydrogen-bond donors (Lipinski definition) is 2. The van der Waals surface area contributed by atoms with Gasteiger partial charge in [-0.3, -0.25) is 4.79 Å². The summed E-state index contributed by atoms with van der Waals surface area (Å²) >= 11 is 0. The molecule has 0 bridgehead atoms. The highest BCUT2D eigenvalue weighted by Gasteiger charge is 2.30. The van der Waals surface area contributed by atoms with Gasteiger partial charge >= 0.3 is 0 Å². The summed E-state index contributed by atoms with van der Waals surface area (Å²) in [5, 5.41) is 13.2. The lowest BCUT2D eigenvalue weighted by atomic mass is 9.80. The van der Waals surface area contributed by atoms with Gasteiger partial charge in [-0.1, -0.05) is 52.8 Å². The number of rotatable bonds is 8. The quantitative estimate of drug-likeness (QED) is 0.772. The van der Waals surface area contributed by atoms with Gasteiger partial charge in [-0.25, -0.2) is 0 Å². The molecule has 0 aliphatic carbocycles. The van der Waals surface area contributed by atoms with Crippen LogP contribution < -0.4 is 10.1 Å². The van der Waals surface area contributed by atoms with E-state index in [2.05, 4.69) is 5.32 Å². The van der Waals surface area contributed by atoms with Gasteiger partial charge in [0.15, 0.2) is 0 Å². The molecule has 0 heterocycles. The Bertz CT molecular complexity index is 511. The number of para-hydroxylation sites is 1. The Morgan fingerprint density at radius 2 is 1.87 bits per heavy atom. The summed E-state index contributed by atoms with van der Waals surface area (Å²) in [6, 6.07) is 7.77. The zero-order valence-corrected chi connectivity index (χ0v) is 15.2. The average Bonchev–Trinajstić information content (AvgIpc) is 2.52. The largest absolute Gasteiger partial charge is 0.496 e. The second-order valence-electron chi connectivity index (χ2n) is 7.30. The maximum atomic E-state index is 12.2. The Morgan fingerprint density at radius 3 is 2.43 bits per heavy atom. The van der Waals surface area contributed by atoms with Crippen LogP contribution in [0.1, 0.15) is 52.5 Å². The maximum Gasteiger partial charge on any atom is 0.220 e. The monoisotopic (exact) mass is 321 g/mol. The highest BCUT2D eigenvalue weighted by molar-refractivity contribution is 5.77. The first kappa shape index (κ1) is 19.5. The van der Waals surface area contributed by atoms with Crippen LogP contribution in [0.15, 0.2) is 24.3 Å². The van der Waals surface area contributed by atoms with Gasteiger partial charge in [0, 0.05) is 18.4 Å². The summed E-state index contributed by atoms with van der Waals surface area (Å²) in [6.07, 6.45) is -0.0525. The van der Waals surface area contributed by atoms with Crippen molar-refractivity contribution in [2.24, 2.45) is 11.3 Å². The van der Waals surface area contributed by atoms with Gasteiger partial charge < -0.3 is 15.2 Å². The molecule has 2 unspecified atom stereocenters. The molecular weight excluding hydrogens is 290 g/mol. The molecule has 4 nitrogen and oxygen atoms in total. The lowest BCUT2D eigenvalue weighted by Crippen LogP contribution is -2.43. The normalized spacial score (nSPS) is 14.4. The minimum atomic E-state index is -0.450. The van der Waals surface area contributed by atoms with E-state index in [0.29, 0.717) is 13.0 Å². The molecule has 2 N–H and O–H groups in total. The highest BCUT2D eigenvalue weighted by Crippen LogP contribution is 2.29. The van der Waals surface area contributed by atoms with E-state index in [0.717, 1.165) is 11.3 Å². The van der Waals surface area contributed by atoms with Crippen LogP contribution in [0.3, 0.4) is 0 Å². The fourth-order valence-electron chi connectivity index (χ4n) is 2.87. The number of aliphatic hydroxyl groups is 1. The molecule has 0 aliphatic rings. The lowest BCUT2D eigenvalue weighted by Gasteiger charge is -2.33. The topological polar surface area (TPSA) is 58.6 Å². The summed E-state index contributed by atoms with van der Waals surface area (Å²) in [6.45, 7) is 10.4. The molecule has 130 valence electrons. The molecule has 1 aromatic carbocycles. The molecule has 4 heteroatoms. The number of ether oxygens (including phenoxy) is 1. The van der Waals surface area contributed by atoms with Crippen LogP contribution in [-0.4, -0.2) is 30.8 Å². The maximum absolute atomic E-state index is 12.2. The molecule has 0 aromatic heterocycles. The average molecular weight is 321 g/mol. The van der Waals surface area contributed by atoms with Crippen molar-refractivity contribution in [1.29, 1.82) is 0 Å². The SMILES string of the molecule is COc1ccccc1C(C)CC(=O)NCC(C)(C)C(O)C(C)C. The van der Waals surface area contributed by atoms with Crippen LogP contribution in [0.4, 0.5) is 0 Å². The minimum absolute atomic E-state index is 0.00700. The molecule has 1 rings (SSSR count). The van der Waals surface area contributed by atoms with E-state index in [1.165, 1.54) is 0 Å². The molecule has 0 aliphatic heterocycles. The molecule has 0 spiro atoms. The van der Waals surface area contributed by atoms with Gasteiger partial charge in [0.1, 0.15) is 5.75 Å². The second-order valence-corrected chi connectivity index (χ2v) is 7.30. The lowest BCUT2D eigenvalue weighted by molar-refractivity contribution is -0.122. The molecule has 0 saturated heterocycles. The van der Waals surface area contributed by atoms with Crippen molar-refractivity contribution in [3.63, 3.8) is 0 Å². The minimum Gasteiger partial charge on any atom is -0.496 e. The predicted molar refractivity (Wildman–Crippen MR) is 93.7 cm³/mol. The molecule has 2 atom stereocenters. The van der Waals surface area contributed by atoms with E-state index in [4.69, 9.17) is 4.74 Å². The fraction of sp³-hybridized carbons (Fsp3) is 0.632. The molecular formula is C19H31NO3. The van der Waals surface area contributed by atoms with E-state index < -0.39 is 6.10 Å². The highest BCUT2D eigenvalue weighted by atomic mass is 16.5. The molecule has 0 saturated carbocycles. The van der Waals surface area contributed by atoms with Gasteiger partial charge in [-0.05, 0) is 23.5 Å². The van der Waals surface area contributed by atoms with Crippen molar-refractivity contribution in [2.45, 2.75) is 53.1 Å². The van der Waals surface area contributed by atoms with Gasteiger partial charge in [-0.15, -0.1) is 0 Å². The van der Waals surface area contributed by atoms with Gasteiger partial charge in [-0.2, -0.15) is 0 Å². The first-order valence-electron chi connectivity index (χ1n) is 8.26. The third-order valence-electron chi connectivity index (χ3n) is 4.33. The number of carbonyl (C=O) groups excluding carboxylic acids is 1. The van der Waals surface area contributed by atoms with Crippen LogP contribution in [-0.2, 0) is 4.79 Å². The summed E-state index contributed by atoms with van der Waals surface area (Å²) in [4.78, 5) is 12.2. The second kappa shape index (κ2) is 8.34. The Kier molecular flexibility index (Phi) is 7.07. The van der Waals surface area contributed by atoms with Crippen molar-refractivity contribution in [2.75, 3.05) is 13.7 Å².